The van der Waals surface area contributed by atoms with Crippen LogP contribution in [0.15, 0.2) is 28.9 Å². The Morgan fingerprint density at radius 2 is 1.90 bits per heavy atom. The number of hydrogen-bond donors (Lipinski definition) is 2. The van der Waals surface area contributed by atoms with Gasteiger partial charge in [0.05, 0.1) is 16.3 Å². The van der Waals surface area contributed by atoms with Crippen LogP contribution < -0.4 is 11.1 Å². The molecule has 3 N–H and O–H groups in total. The summed E-state index contributed by atoms with van der Waals surface area (Å²) in [5.41, 5.74) is 4.73. The third-order valence-corrected chi connectivity index (χ3v) is 2.99. The van der Waals surface area contributed by atoms with E-state index in [0.29, 0.717) is 4.60 Å². The van der Waals surface area contributed by atoms with Crippen molar-refractivity contribution in [3.8, 4) is 0 Å². The Morgan fingerprint density at radius 3 is 2.50 bits per heavy atom. The molecule has 0 spiro atoms. The lowest BCUT2D eigenvalue weighted by molar-refractivity contribution is -0.137. The Bertz CT molecular complexity index is 628. The number of nitrogens with one attached hydrogen (secondary N) is 1. The van der Waals surface area contributed by atoms with Crippen LogP contribution in [-0.4, -0.2) is 9.97 Å². The first-order valence-electron chi connectivity index (χ1n) is 5.19. The minimum Gasteiger partial charge on any atom is -0.383 e. The highest BCUT2D eigenvalue weighted by Gasteiger charge is 2.31. The second kappa shape index (κ2) is 5.45. The topological polar surface area (TPSA) is 63.8 Å². The Hall–Kier alpha value is -1.54. The molecule has 20 heavy (non-hydrogen) atoms. The minimum atomic E-state index is -4.46. The van der Waals surface area contributed by atoms with E-state index < -0.39 is 11.7 Å². The Kier molecular flexibility index (Phi) is 4.05. The van der Waals surface area contributed by atoms with Crippen molar-refractivity contribution in [2.45, 2.75) is 6.18 Å². The molecule has 4 nitrogen and oxygen atoms in total. The molecule has 106 valence electrons. The summed E-state index contributed by atoms with van der Waals surface area (Å²) in [5, 5.41) is 2.71. The summed E-state index contributed by atoms with van der Waals surface area (Å²) in [7, 11) is 0. The molecule has 0 fully saturated rings. The van der Waals surface area contributed by atoms with Crippen molar-refractivity contribution >= 4 is 45.0 Å². The second-order valence-corrected chi connectivity index (χ2v) is 4.98. The summed E-state index contributed by atoms with van der Waals surface area (Å²) in [6.45, 7) is 0. The summed E-state index contributed by atoms with van der Waals surface area (Å²) in [6, 6.07) is 4.37. The molecule has 0 amide bonds. The van der Waals surface area contributed by atoms with Gasteiger partial charge in [-0.1, -0.05) is 11.6 Å². The average molecular weight is 368 g/mol. The van der Waals surface area contributed by atoms with Gasteiger partial charge in [0.15, 0.2) is 0 Å². The second-order valence-electron chi connectivity index (χ2n) is 3.76. The van der Waals surface area contributed by atoms with Gasteiger partial charge < -0.3 is 11.1 Å². The molecule has 9 heteroatoms. The Morgan fingerprint density at radius 1 is 1.20 bits per heavy atom. The fourth-order valence-corrected chi connectivity index (χ4v) is 1.98. The maximum absolute atomic E-state index is 12.6. The van der Waals surface area contributed by atoms with Crippen molar-refractivity contribution in [2.24, 2.45) is 0 Å². The zero-order valence-electron chi connectivity index (χ0n) is 9.67. The normalized spacial score (nSPS) is 11.4. The van der Waals surface area contributed by atoms with E-state index in [1.807, 2.05) is 0 Å². The van der Waals surface area contributed by atoms with Gasteiger partial charge in [0.1, 0.15) is 10.4 Å². The number of aromatic nitrogens is 2. The molecular weight excluding hydrogens is 361 g/mol. The van der Waals surface area contributed by atoms with E-state index in [2.05, 4.69) is 31.2 Å². The highest BCUT2D eigenvalue weighted by molar-refractivity contribution is 9.10. The molecule has 0 radical (unpaired) electrons. The number of nitrogens with two attached hydrogens (primary N) is 1. The SMILES string of the molecule is Nc1cc(Br)nc(Nc2cc(C(F)(F)F)ccc2Cl)n1. The van der Waals surface area contributed by atoms with Gasteiger partial charge >= 0.3 is 6.18 Å². The van der Waals surface area contributed by atoms with Gasteiger partial charge in [0, 0.05) is 6.07 Å². The number of anilines is 3. The van der Waals surface area contributed by atoms with E-state index in [0.717, 1.165) is 18.2 Å². The van der Waals surface area contributed by atoms with Gasteiger partial charge in [-0.2, -0.15) is 18.2 Å². The summed E-state index contributed by atoms with van der Waals surface area (Å²) in [6.07, 6.45) is -4.46. The van der Waals surface area contributed by atoms with Crippen LogP contribution in [0.3, 0.4) is 0 Å². The highest BCUT2D eigenvalue weighted by atomic mass is 79.9. The van der Waals surface area contributed by atoms with E-state index in [1.165, 1.54) is 6.07 Å². The molecule has 0 unspecified atom stereocenters. The summed E-state index contributed by atoms with van der Waals surface area (Å²) < 4.78 is 38.3. The third-order valence-electron chi connectivity index (χ3n) is 2.25. The fourth-order valence-electron chi connectivity index (χ4n) is 1.41. The van der Waals surface area contributed by atoms with Gasteiger partial charge in [0.25, 0.3) is 0 Å². The Balaban J connectivity index is 2.37. The lowest BCUT2D eigenvalue weighted by atomic mass is 10.2. The monoisotopic (exact) mass is 366 g/mol. The van der Waals surface area contributed by atoms with Gasteiger partial charge in [-0.05, 0) is 34.1 Å². The molecule has 0 saturated carbocycles. The van der Waals surface area contributed by atoms with Crippen LogP contribution in [0.5, 0.6) is 0 Å². The predicted octanol–water partition coefficient (Wildman–Crippen LogP) is 4.24. The molecule has 0 saturated heterocycles. The van der Waals surface area contributed by atoms with E-state index in [-0.39, 0.29) is 22.5 Å². The van der Waals surface area contributed by atoms with Crippen molar-refractivity contribution < 1.29 is 13.2 Å². The molecule has 2 rings (SSSR count). The number of benzene rings is 1. The number of hydrogen-bond acceptors (Lipinski definition) is 4. The molecule has 1 aromatic heterocycles. The quantitative estimate of drug-likeness (QED) is 0.780. The number of alkyl halides is 3. The van der Waals surface area contributed by atoms with Crippen LogP contribution >= 0.6 is 27.5 Å². The smallest absolute Gasteiger partial charge is 0.383 e. The molecule has 0 atom stereocenters. The largest absolute Gasteiger partial charge is 0.416 e. The van der Waals surface area contributed by atoms with Gasteiger partial charge in [0.2, 0.25) is 5.95 Å². The summed E-state index contributed by atoms with van der Waals surface area (Å²) >= 11 is 8.95. The van der Waals surface area contributed by atoms with Crippen LogP contribution in [-0.2, 0) is 6.18 Å². The lowest BCUT2D eigenvalue weighted by Crippen LogP contribution is -2.06. The maximum Gasteiger partial charge on any atom is 0.416 e. The average Bonchev–Trinajstić information content (AvgIpc) is 2.29. The molecule has 1 aromatic carbocycles. The van der Waals surface area contributed by atoms with E-state index >= 15 is 0 Å². The zero-order valence-corrected chi connectivity index (χ0v) is 12.0. The van der Waals surface area contributed by atoms with Crippen molar-refractivity contribution in [1.82, 2.24) is 9.97 Å². The minimum absolute atomic E-state index is 0.0399. The number of halogens is 5. The van der Waals surface area contributed by atoms with Crippen LogP contribution in [0.25, 0.3) is 0 Å². The molecule has 2 aromatic rings. The molecular formula is C11H7BrClF3N4. The van der Waals surface area contributed by atoms with Crippen molar-refractivity contribution in [1.29, 1.82) is 0 Å². The number of nitrogen functional groups attached to an aromatic ring is 1. The van der Waals surface area contributed by atoms with E-state index in [9.17, 15) is 13.2 Å². The Labute approximate surface area is 125 Å². The van der Waals surface area contributed by atoms with Crippen LogP contribution in [0.4, 0.5) is 30.6 Å². The molecule has 1 heterocycles. The van der Waals surface area contributed by atoms with Crippen molar-refractivity contribution in [3.05, 3.63) is 39.5 Å². The van der Waals surface area contributed by atoms with Crippen molar-refractivity contribution in [3.63, 3.8) is 0 Å². The van der Waals surface area contributed by atoms with Crippen LogP contribution in [0.1, 0.15) is 5.56 Å². The first kappa shape index (κ1) is 14.9. The fraction of sp³-hybridized carbons (Fsp3) is 0.0909. The van der Waals surface area contributed by atoms with Gasteiger partial charge in [-0.3, -0.25) is 0 Å². The first-order valence-corrected chi connectivity index (χ1v) is 6.36. The standard InChI is InChI=1S/C11H7BrClF3N4/c12-8-4-9(17)20-10(19-8)18-7-3-5(11(14,15)16)1-2-6(7)13/h1-4H,(H3,17,18,19,20). The molecule has 0 aliphatic carbocycles. The maximum atomic E-state index is 12.6. The molecule has 0 aliphatic heterocycles. The van der Waals surface area contributed by atoms with Crippen LogP contribution in [0, 0.1) is 0 Å². The summed E-state index contributed by atoms with van der Waals surface area (Å²) in [4.78, 5) is 7.78. The number of rotatable bonds is 2. The highest BCUT2D eigenvalue weighted by Crippen LogP contribution is 2.34. The van der Waals surface area contributed by atoms with Crippen molar-refractivity contribution in [2.75, 3.05) is 11.1 Å². The van der Waals surface area contributed by atoms with Gasteiger partial charge in [-0.25, -0.2) is 4.98 Å². The molecule has 0 bridgehead atoms. The zero-order chi connectivity index (χ0) is 14.9. The molecule has 0 aliphatic rings. The number of nitrogens with zero attached hydrogens (tertiary/aromatic N) is 2. The third kappa shape index (κ3) is 3.51. The van der Waals surface area contributed by atoms with E-state index in [4.69, 9.17) is 17.3 Å². The van der Waals surface area contributed by atoms with E-state index in [1.54, 1.807) is 0 Å². The summed E-state index contributed by atoms with van der Waals surface area (Å²) in [5.74, 6) is 0.204. The first-order chi connectivity index (χ1) is 9.25. The van der Waals surface area contributed by atoms with Gasteiger partial charge in [-0.15, -0.1) is 0 Å². The predicted molar refractivity (Wildman–Crippen MR) is 73.9 cm³/mol. The van der Waals surface area contributed by atoms with Crippen LogP contribution in [0.2, 0.25) is 5.02 Å². The lowest BCUT2D eigenvalue weighted by Gasteiger charge is -2.11.